The molecule has 0 aliphatic carbocycles. The SMILES string of the molecule is O=[N+]([O-])c1cccc(S(=O)(=O)[O-])c1.c1ccc([S+](c2ccccc2)c2ccccc2)cc1. The van der Waals surface area contributed by atoms with Crippen molar-refractivity contribution in [2.75, 3.05) is 0 Å². The normalized spacial score (nSPS) is 10.8. The molecule has 0 atom stereocenters. The summed E-state index contributed by atoms with van der Waals surface area (Å²) in [6, 6.07) is 36.1. The summed E-state index contributed by atoms with van der Waals surface area (Å²) >= 11 is 0. The Bertz CT molecular complexity index is 1170. The highest BCUT2D eigenvalue weighted by molar-refractivity contribution is 7.97. The van der Waals surface area contributed by atoms with Gasteiger partial charge in [-0.25, -0.2) is 8.42 Å². The fraction of sp³-hybridized carbons (Fsp3) is 0. The van der Waals surface area contributed by atoms with Crippen LogP contribution in [0.1, 0.15) is 0 Å². The molecule has 0 amide bonds. The van der Waals surface area contributed by atoms with E-state index in [-0.39, 0.29) is 10.9 Å². The maximum atomic E-state index is 10.4. The molecule has 0 fully saturated rings. The van der Waals surface area contributed by atoms with Gasteiger partial charge in [-0.1, -0.05) is 60.7 Å². The van der Waals surface area contributed by atoms with Crippen molar-refractivity contribution in [2.45, 2.75) is 19.6 Å². The third-order valence-electron chi connectivity index (χ3n) is 4.25. The number of hydrogen-bond acceptors (Lipinski definition) is 5. The van der Waals surface area contributed by atoms with Crippen LogP contribution in [-0.2, 0) is 21.0 Å². The molecule has 32 heavy (non-hydrogen) atoms. The van der Waals surface area contributed by atoms with Gasteiger partial charge in [-0.2, -0.15) is 0 Å². The minimum Gasteiger partial charge on any atom is -0.744 e. The molecule has 0 N–H and O–H groups in total. The zero-order valence-corrected chi connectivity index (χ0v) is 18.4. The lowest BCUT2D eigenvalue weighted by molar-refractivity contribution is -0.385. The highest BCUT2D eigenvalue weighted by Crippen LogP contribution is 2.30. The minimum atomic E-state index is -4.61. The first-order chi connectivity index (χ1) is 15.4. The van der Waals surface area contributed by atoms with E-state index in [1.54, 1.807) is 0 Å². The van der Waals surface area contributed by atoms with Crippen LogP contribution in [0.15, 0.2) is 135 Å². The molecule has 8 heteroatoms. The summed E-state index contributed by atoms with van der Waals surface area (Å²) in [6.07, 6.45) is 0. The van der Waals surface area contributed by atoms with Crippen molar-refractivity contribution < 1.29 is 17.9 Å². The lowest BCUT2D eigenvalue weighted by atomic mass is 10.3. The van der Waals surface area contributed by atoms with Gasteiger partial charge in [0.15, 0.2) is 14.7 Å². The maximum absolute atomic E-state index is 10.4. The van der Waals surface area contributed by atoms with Crippen molar-refractivity contribution in [3.8, 4) is 0 Å². The zero-order chi connectivity index (χ0) is 23.0. The van der Waals surface area contributed by atoms with Crippen molar-refractivity contribution in [3.63, 3.8) is 0 Å². The number of nitro benzene ring substituents is 1. The Kier molecular flexibility index (Phi) is 7.77. The highest BCUT2D eigenvalue weighted by atomic mass is 32.2. The molecule has 6 nitrogen and oxygen atoms in total. The number of nitro groups is 1. The van der Waals surface area contributed by atoms with Crippen LogP contribution in [-0.4, -0.2) is 17.9 Å². The lowest BCUT2D eigenvalue weighted by Gasteiger charge is -2.07. The summed E-state index contributed by atoms with van der Waals surface area (Å²) in [5.74, 6) is 0. The van der Waals surface area contributed by atoms with Gasteiger partial charge in [0, 0.05) is 12.1 Å². The fourth-order valence-corrected chi connectivity index (χ4v) is 5.45. The van der Waals surface area contributed by atoms with Gasteiger partial charge in [0.2, 0.25) is 0 Å². The van der Waals surface area contributed by atoms with E-state index in [9.17, 15) is 23.1 Å². The Balaban J connectivity index is 0.000000195. The van der Waals surface area contributed by atoms with E-state index < -0.39 is 25.6 Å². The molecule has 0 unspecified atom stereocenters. The minimum absolute atomic E-state index is 0.0146. The molecule has 4 aromatic carbocycles. The summed E-state index contributed by atoms with van der Waals surface area (Å²) in [5.41, 5.74) is -0.420. The van der Waals surface area contributed by atoms with Crippen LogP contribution in [0.5, 0.6) is 0 Å². The van der Waals surface area contributed by atoms with Crippen LogP contribution in [0, 0.1) is 10.1 Å². The number of nitrogens with zero attached hydrogens (tertiary/aromatic N) is 1. The molecular weight excluding hydrogens is 446 g/mol. The molecule has 0 heterocycles. The Morgan fingerprint density at radius 2 is 1.03 bits per heavy atom. The topological polar surface area (TPSA) is 100 Å². The third kappa shape index (κ3) is 6.27. The summed E-state index contributed by atoms with van der Waals surface area (Å²) in [6.45, 7) is 0. The molecular formula is C24H19NO5S2. The quantitative estimate of drug-likeness (QED) is 0.173. The molecule has 0 radical (unpaired) electrons. The molecule has 0 spiro atoms. The fourth-order valence-electron chi connectivity index (χ4n) is 2.83. The first-order valence-electron chi connectivity index (χ1n) is 9.46. The van der Waals surface area contributed by atoms with E-state index in [0.717, 1.165) is 24.3 Å². The Morgan fingerprint density at radius 3 is 1.38 bits per heavy atom. The van der Waals surface area contributed by atoms with Crippen LogP contribution in [0.25, 0.3) is 0 Å². The standard InChI is InChI=1S/C18H15S.C6H5NO5S/c1-4-10-16(11-5-1)19(17-12-6-2-7-13-17)18-14-8-3-9-15-18;8-7(9)5-2-1-3-6(4-5)13(10,11)12/h1-15H;1-4H,(H,10,11,12)/q+1;/p-1. The van der Waals surface area contributed by atoms with Crippen molar-refractivity contribution in [1.82, 2.24) is 0 Å². The molecule has 0 saturated carbocycles. The number of rotatable bonds is 5. The van der Waals surface area contributed by atoms with Gasteiger partial charge >= 0.3 is 0 Å². The predicted octanol–water partition coefficient (Wildman–Crippen LogP) is 5.28. The van der Waals surface area contributed by atoms with E-state index in [1.165, 1.54) is 14.7 Å². The van der Waals surface area contributed by atoms with Gasteiger partial charge in [-0.05, 0) is 42.5 Å². The van der Waals surface area contributed by atoms with Gasteiger partial charge in [0.1, 0.15) is 10.1 Å². The highest BCUT2D eigenvalue weighted by Gasteiger charge is 2.27. The molecule has 0 aliphatic heterocycles. The second-order valence-corrected chi connectivity index (χ2v) is 9.86. The Morgan fingerprint density at radius 1 is 0.625 bits per heavy atom. The van der Waals surface area contributed by atoms with Crippen LogP contribution >= 0.6 is 0 Å². The van der Waals surface area contributed by atoms with Gasteiger partial charge in [-0.3, -0.25) is 10.1 Å². The number of benzene rings is 4. The van der Waals surface area contributed by atoms with Gasteiger partial charge < -0.3 is 4.55 Å². The summed E-state index contributed by atoms with van der Waals surface area (Å²) in [5, 5.41) is 10.2. The van der Waals surface area contributed by atoms with Crippen molar-refractivity contribution in [3.05, 3.63) is 125 Å². The molecule has 4 aromatic rings. The van der Waals surface area contributed by atoms with E-state index >= 15 is 0 Å². The molecule has 0 bridgehead atoms. The lowest BCUT2D eigenvalue weighted by Crippen LogP contribution is -2.04. The molecule has 0 aliphatic rings. The third-order valence-corrected chi connectivity index (χ3v) is 7.32. The molecule has 0 saturated heterocycles. The second kappa shape index (κ2) is 10.7. The average molecular weight is 466 g/mol. The van der Waals surface area contributed by atoms with Crippen molar-refractivity contribution >= 4 is 26.7 Å². The maximum Gasteiger partial charge on any atom is 0.270 e. The molecule has 4 rings (SSSR count). The van der Waals surface area contributed by atoms with Crippen molar-refractivity contribution in [2.24, 2.45) is 0 Å². The average Bonchev–Trinajstić information content (AvgIpc) is 2.81. The zero-order valence-electron chi connectivity index (χ0n) is 16.8. The van der Waals surface area contributed by atoms with E-state index in [0.29, 0.717) is 0 Å². The molecule has 0 aromatic heterocycles. The van der Waals surface area contributed by atoms with E-state index in [2.05, 4.69) is 91.0 Å². The van der Waals surface area contributed by atoms with E-state index in [4.69, 9.17) is 0 Å². The van der Waals surface area contributed by atoms with Gasteiger partial charge in [0.05, 0.1) is 20.7 Å². The summed E-state index contributed by atoms with van der Waals surface area (Å²) in [4.78, 5) is 12.9. The second-order valence-electron chi connectivity index (χ2n) is 6.45. The van der Waals surface area contributed by atoms with Gasteiger partial charge in [0.25, 0.3) is 5.69 Å². The summed E-state index contributed by atoms with van der Waals surface area (Å²) < 4.78 is 31.3. The van der Waals surface area contributed by atoms with Crippen LogP contribution in [0.3, 0.4) is 0 Å². The van der Waals surface area contributed by atoms with E-state index in [1.807, 2.05) is 0 Å². The van der Waals surface area contributed by atoms with Crippen LogP contribution in [0.4, 0.5) is 5.69 Å². The largest absolute Gasteiger partial charge is 0.744 e. The van der Waals surface area contributed by atoms with Crippen LogP contribution in [0.2, 0.25) is 0 Å². The first-order valence-corrected chi connectivity index (χ1v) is 12.1. The molecule has 162 valence electrons. The predicted molar refractivity (Wildman–Crippen MR) is 123 cm³/mol. The van der Waals surface area contributed by atoms with Crippen molar-refractivity contribution in [1.29, 1.82) is 0 Å². The monoisotopic (exact) mass is 465 g/mol. The van der Waals surface area contributed by atoms with Gasteiger partial charge in [-0.15, -0.1) is 0 Å². The number of hydrogen-bond donors (Lipinski definition) is 0. The van der Waals surface area contributed by atoms with Crippen LogP contribution < -0.4 is 0 Å². The summed E-state index contributed by atoms with van der Waals surface area (Å²) in [7, 11) is -4.63. The Labute approximate surface area is 189 Å². The number of non-ortho nitro benzene ring substituents is 1. The Hall–Kier alpha value is -3.46. The smallest absolute Gasteiger partial charge is 0.270 e. The first kappa shape index (κ1) is 23.2.